The zero-order chi connectivity index (χ0) is 14.0. The molecule has 0 saturated carbocycles. The fraction of sp³-hybridized carbons (Fsp3) is 0.0714. The Labute approximate surface area is 108 Å². The average molecular weight is 263 g/mol. The topological polar surface area (TPSA) is 49.3 Å². The molecule has 0 saturated heterocycles. The van der Waals surface area contributed by atoms with Crippen molar-refractivity contribution in [3.05, 3.63) is 59.2 Å². The van der Waals surface area contributed by atoms with E-state index in [1.54, 1.807) is 13.0 Å². The van der Waals surface area contributed by atoms with E-state index in [2.05, 4.69) is 5.32 Å². The van der Waals surface area contributed by atoms with Gasteiger partial charge < -0.3 is 10.4 Å². The number of phenols is 1. The Balaban J connectivity index is 2.28. The van der Waals surface area contributed by atoms with Gasteiger partial charge >= 0.3 is 0 Å². The number of phenolic OH excluding ortho intramolecular Hbond substituents is 1. The van der Waals surface area contributed by atoms with Crippen LogP contribution in [0.4, 0.5) is 14.5 Å². The lowest BCUT2D eigenvalue weighted by Gasteiger charge is -2.08. The first-order valence-corrected chi connectivity index (χ1v) is 5.54. The van der Waals surface area contributed by atoms with Crippen molar-refractivity contribution in [3.63, 3.8) is 0 Å². The van der Waals surface area contributed by atoms with Crippen LogP contribution < -0.4 is 5.32 Å². The van der Waals surface area contributed by atoms with Crippen LogP contribution in [0.25, 0.3) is 0 Å². The molecule has 2 aromatic rings. The summed E-state index contributed by atoms with van der Waals surface area (Å²) in [6.45, 7) is 1.76. The van der Waals surface area contributed by atoms with Crippen LogP contribution in [0, 0.1) is 18.6 Å². The van der Waals surface area contributed by atoms with Gasteiger partial charge in [-0.3, -0.25) is 4.79 Å². The molecule has 19 heavy (non-hydrogen) atoms. The summed E-state index contributed by atoms with van der Waals surface area (Å²) in [6.07, 6.45) is 0. The number of carbonyl (C=O) groups excluding carboxylic acids is 1. The van der Waals surface area contributed by atoms with Crippen LogP contribution in [0.15, 0.2) is 36.4 Å². The zero-order valence-electron chi connectivity index (χ0n) is 10.1. The molecule has 0 bridgehead atoms. The summed E-state index contributed by atoms with van der Waals surface area (Å²) in [5.74, 6) is -3.11. The molecule has 2 aromatic carbocycles. The second kappa shape index (κ2) is 5.06. The summed E-state index contributed by atoms with van der Waals surface area (Å²) in [5.41, 5.74) is 0.505. The maximum absolute atomic E-state index is 13.4. The van der Waals surface area contributed by atoms with E-state index in [9.17, 15) is 18.7 Å². The molecule has 0 fully saturated rings. The quantitative estimate of drug-likeness (QED) is 0.873. The molecule has 2 rings (SSSR count). The fourth-order valence-corrected chi connectivity index (χ4v) is 1.62. The zero-order valence-corrected chi connectivity index (χ0v) is 10.1. The van der Waals surface area contributed by atoms with Gasteiger partial charge in [0.05, 0.1) is 11.3 Å². The monoisotopic (exact) mass is 263 g/mol. The van der Waals surface area contributed by atoms with Crippen molar-refractivity contribution in [1.29, 1.82) is 0 Å². The molecule has 0 radical (unpaired) electrons. The Kier molecular flexibility index (Phi) is 3.46. The van der Waals surface area contributed by atoms with E-state index >= 15 is 0 Å². The van der Waals surface area contributed by atoms with Gasteiger partial charge in [0.2, 0.25) is 0 Å². The molecular formula is C14H11F2NO2. The van der Waals surface area contributed by atoms with Crippen molar-refractivity contribution >= 4 is 11.6 Å². The van der Waals surface area contributed by atoms with Crippen LogP contribution in [0.3, 0.4) is 0 Å². The largest absolute Gasteiger partial charge is 0.507 e. The predicted molar refractivity (Wildman–Crippen MR) is 67.2 cm³/mol. The number of anilines is 1. The van der Waals surface area contributed by atoms with Gasteiger partial charge in [-0.05, 0) is 36.8 Å². The standard InChI is InChI=1S/C14H11F2NO2/c1-8-5-6-9(12(18)7-8)14(19)17-11-4-2-3-10(15)13(11)16/h2-7,18H,1H3,(H,17,19). The number of hydrogen-bond donors (Lipinski definition) is 2. The number of hydrogen-bond acceptors (Lipinski definition) is 2. The van der Waals surface area contributed by atoms with Crippen LogP contribution >= 0.6 is 0 Å². The molecule has 98 valence electrons. The second-order valence-corrected chi connectivity index (χ2v) is 4.08. The molecule has 0 aliphatic rings. The minimum atomic E-state index is -1.14. The summed E-state index contributed by atoms with van der Waals surface area (Å²) in [6, 6.07) is 7.93. The first-order valence-electron chi connectivity index (χ1n) is 5.54. The molecule has 0 aliphatic carbocycles. The molecule has 0 aromatic heterocycles. The summed E-state index contributed by atoms with van der Waals surface area (Å²) < 4.78 is 26.4. The highest BCUT2D eigenvalue weighted by Crippen LogP contribution is 2.22. The van der Waals surface area contributed by atoms with Gasteiger partial charge in [0.25, 0.3) is 5.91 Å². The minimum absolute atomic E-state index is 0.00531. The molecule has 5 heteroatoms. The Morgan fingerprint density at radius 3 is 2.63 bits per heavy atom. The van der Waals surface area contributed by atoms with Crippen LogP contribution in [-0.2, 0) is 0 Å². The van der Waals surface area contributed by atoms with Crippen molar-refractivity contribution in [2.75, 3.05) is 5.32 Å². The van der Waals surface area contributed by atoms with E-state index in [0.717, 1.165) is 11.6 Å². The maximum atomic E-state index is 13.4. The Morgan fingerprint density at radius 2 is 1.95 bits per heavy atom. The van der Waals surface area contributed by atoms with Gasteiger partial charge in [-0.25, -0.2) is 8.78 Å². The highest BCUT2D eigenvalue weighted by atomic mass is 19.2. The number of rotatable bonds is 2. The van der Waals surface area contributed by atoms with Crippen molar-refractivity contribution < 1.29 is 18.7 Å². The van der Waals surface area contributed by atoms with E-state index in [0.29, 0.717) is 0 Å². The van der Waals surface area contributed by atoms with Gasteiger partial charge in [-0.1, -0.05) is 12.1 Å². The number of halogens is 2. The normalized spacial score (nSPS) is 10.3. The SMILES string of the molecule is Cc1ccc(C(=O)Nc2cccc(F)c2F)c(O)c1. The van der Waals surface area contributed by atoms with E-state index in [1.165, 1.54) is 24.3 Å². The minimum Gasteiger partial charge on any atom is -0.507 e. The van der Waals surface area contributed by atoms with Gasteiger partial charge in [-0.2, -0.15) is 0 Å². The first kappa shape index (κ1) is 13.0. The number of benzene rings is 2. The number of aromatic hydroxyl groups is 1. The van der Waals surface area contributed by atoms with Crippen molar-refractivity contribution in [2.24, 2.45) is 0 Å². The molecule has 0 spiro atoms. The third kappa shape index (κ3) is 2.70. The molecule has 1 amide bonds. The van der Waals surface area contributed by atoms with Crippen molar-refractivity contribution in [1.82, 2.24) is 0 Å². The van der Waals surface area contributed by atoms with Crippen LogP contribution in [0.5, 0.6) is 5.75 Å². The lowest BCUT2D eigenvalue weighted by atomic mass is 10.1. The van der Waals surface area contributed by atoms with Gasteiger partial charge in [-0.15, -0.1) is 0 Å². The lowest BCUT2D eigenvalue weighted by Crippen LogP contribution is -2.13. The second-order valence-electron chi connectivity index (χ2n) is 4.08. The summed E-state index contributed by atoms with van der Waals surface area (Å²) in [4.78, 5) is 11.8. The van der Waals surface area contributed by atoms with E-state index in [4.69, 9.17) is 0 Å². The molecular weight excluding hydrogens is 252 g/mol. The Bertz CT molecular complexity index is 641. The van der Waals surface area contributed by atoms with Gasteiger partial charge in [0.15, 0.2) is 11.6 Å². The van der Waals surface area contributed by atoms with Crippen LogP contribution in [-0.4, -0.2) is 11.0 Å². The third-order valence-corrected chi connectivity index (χ3v) is 2.60. The Hall–Kier alpha value is -2.43. The summed E-state index contributed by atoms with van der Waals surface area (Å²) in [7, 11) is 0. The van der Waals surface area contributed by atoms with Crippen LogP contribution in [0.1, 0.15) is 15.9 Å². The molecule has 2 N–H and O–H groups in total. The van der Waals surface area contributed by atoms with E-state index < -0.39 is 17.5 Å². The first-order chi connectivity index (χ1) is 8.99. The fourth-order valence-electron chi connectivity index (χ4n) is 1.62. The van der Waals surface area contributed by atoms with Gasteiger partial charge in [0.1, 0.15) is 5.75 Å². The molecule has 0 heterocycles. The smallest absolute Gasteiger partial charge is 0.259 e. The highest BCUT2D eigenvalue weighted by molar-refractivity contribution is 6.06. The Morgan fingerprint density at radius 1 is 1.21 bits per heavy atom. The average Bonchev–Trinajstić information content (AvgIpc) is 2.34. The molecule has 0 aliphatic heterocycles. The van der Waals surface area contributed by atoms with Crippen molar-refractivity contribution in [3.8, 4) is 5.75 Å². The highest BCUT2D eigenvalue weighted by Gasteiger charge is 2.14. The lowest BCUT2D eigenvalue weighted by molar-refractivity contribution is 0.102. The maximum Gasteiger partial charge on any atom is 0.259 e. The molecule has 3 nitrogen and oxygen atoms in total. The predicted octanol–water partition coefficient (Wildman–Crippen LogP) is 3.23. The third-order valence-electron chi connectivity index (χ3n) is 2.60. The summed E-state index contributed by atoms with van der Waals surface area (Å²) >= 11 is 0. The summed E-state index contributed by atoms with van der Waals surface area (Å²) in [5, 5.41) is 11.8. The van der Waals surface area contributed by atoms with E-state index in [1.807, 2.05) is 0 Å². The van der Waals surface area contributed by atoms with Crippen molar-refractivity contribution in [2.45, 2.75) is 6.92 Å². The molecule has 0 atom stereocenters. The number of aryl methyl sites for hydroxylation is 1. The number of amides is 1. The molecule has 0 unspecified atom stereocenters. The number of nitrogens with one attached hydrogen (secondary N) is 1. The number of carbonyl (C=O) groups is 1. The van der Waals surface area contributed by atoms with Crippen LogP contribution in [0.2, 0.25) is 0 Å². The van der Waals surface area contributed by atoms with Gasteiger partial charge in [0, 0.05) is 0 Å². The van der Waals surface area contributed by atoms with E-state index in [-0.39, 0.29) is 17.0 Å².